The monoisotopic (exact) mass is 259 g/mol. The summed E-state index contributed by atoms with van der Waals surface area (Å²) in [4.78, 5) is 16.4. The second-order valence-electron chi connectivity index (χ2n) is 3.66. The summed E-state index contributed by atoms with van der Waals surface area (Å²) in [6.45, 7) is 0. The van der Waals surface area contributed by atoms with Crippen LogP contribution in [0, 0.1) is 0 Å². The molecular formula is C14H13NO2S. The van der Waals surface area contributed by atoms with Gasteiger partial charge in [-0.1, -0.05) is 12.1 Å². The number of ether oxygens (including phenoxy) is 1. The molecule has 0 fully saturated rings. The number of methoxy groups -OCH3 is 1. The Bertz CT molecular complexity index is 511. The molecule has 92 valence electrons. The van der Waals surface area contributed by atoms with Crippen molar-refractivity contribution in [3.05, 3.63) is 59.9 Å². The quantitative estimate of drug-likeness (QED) is 0.624. The van der Waals surface area contributed by atoms with E-state index in [1.165, 1.54) is 17.6 Å². The van der Waals surface area contributed by atoms with E-state index in [0.717, 1.165) is 5.75 Å². The number of pyridine rings is 1. The minimum atomic E-state index is -0.302. The van der Waals surface area contributed by atoms with Gasteiger partial charge in [-0.3, -0.25) is 4.98 Å². The van der Waals surface area contributed by atoms with Gasteiger partial charge in [-0.05, 0) is 29.8 Å². The van der Waals surface area contributed by atoms with E-state index in [4.69, 9.17) is 0 Å². The van der Waals surface area contributed by atoms with E-state index in [9.17, 15) is 4.79 Å². The van der Waals surface area contributed by atoms with Crippen molar-refractivity contribution in [2.45, 2.75) is 10.6 Å². The molecule has 0 amide bonds. The summed E-state index contributed by atoms with van der Waals surface area (Å²) in [7, 11) is 1.38. The summed E-state index contributed by atoms with van der Waals surface area (Å²) in [6.07, 6.45) is 3.56. The summed E-state index contributed by atoms with van der Waals surface area (Å²) >= 11 is 1.74. The lowest BCUT2D eigenvalue weighted by atomic mass is 10.1. The Morgan fingerprint density at radius 1 is 1.17 bits per heavy atom. The maximum atomic E-state index is 11.3. The molecule has 2 aromatic rings. The summed E-state index contributed by atoms with van der Waals surface area (Å²) < 4.78 is 4.65. The van der Waals surface area contributed by atoms with Crippen LogP contribution in [0.2, 0.25) is 0 Å². The van der Waals surface area contributed by atoms with E-state index in [2.05, 4.69) is 9.72 Å². The lowest BCUT2D eigenvalue weighted by molar-refractivity contribution is 0.0601. The van der Waals surface area contributed by atoms with Crippen LogP contribution in [0.25, 0.3) is 0 Å². The Morgan fingerprint density at radius 2 is 1.83 bits per heavy atom. The smallest absolute Gasteiger partial charge is 0.337 e. The highest BCUT2D eigenvalue weighted by Crippen LogP contribution is 2.21. The summed E-state index contributed by atoms with van der Waals surface area (Å²) in [5, 5.41) is 0. The van der Waals surface area contributed by atoms with Crippen LogP contribution in [0.5, 0.6) is 0 Å². The van der Waals surface area contributed by atoms with Gasteiger partial charge in [0.25, 0.3) is 0 Å². The molecule has 1 heterocycles. The normalized spacial score (nSPS) is 10.1. The molecule has 0 spiro atoms. The zero-order chi connectivity index (χ0) is 12.8. The lowest BCUT2D eigenvalue weighted by Gasteiger charge is -2.03. The molecule has 0 aliphatic heterocycles. The Labute approximate surface area is 110 Å². The number of carbonyl (C=O) groups is 1. The molecule has 0 saturated carbocycles. The van der Waals surface area contributed by atoms with Crippen LogP contribution in [-0.4, -0.2) is 18.1 Å². The Kier molecular flexibility index (Phi) is 4.36. The lowest BCUT2D eigenvalue weighted by Crippen LogP contribution is -2.00. The van der Waals surface area contributed by atoms with Crippen molar-refractivity contribution in [1.29, 1.82) is 0 Å². The van der Waals surface area contributed by atoms with E-state index in [-0.39, 0.29) is 5.97 Å². The van der Waals surface area contributed by atoms with E-state index < -0.39 is 0 Å². The molecule has 3 nitrogen and oxygen atoms in total. The number of thioether (sulfide) groups is 1. The van der Waals surface area contributed by atoms with Crippen molar-refractivity contribution in [2.75, 3.05) is 7.11 Å². The second-order valence-corrected chi connectivity index (χ2v) is 4.71. The minimum absolute atomic E-state index is 0.302. The SMILES string of the molecule is COC(=O)c1ccc(CSc2ccncc2)cc1. The molecule has 4 heteroatoms. The van der Waals surface area contributed by atoms with Gasteiger partial charge in [0.1, 0.15) is 0 Å². The Morgan fingerprint density at radius 3 is 2.44 bits per heavy atom. The summed E-state index contributed by atoms with van der Waals surface area (Å²) in [5.41, 5.74) is 1.75. The largest absolute Gasteiger partial charge is 0.465 e. The van der Waals surface area contributed by atoms with Crippen LogP contribution < -0.4 is 0 Å². The van der Waals surface area contributed by atoms with Crippen LogP contribution in [0.15, 0.2) is 53.7 Å². The van der Waals surface area contributed by atoms with Crippen molar-refractivity contribution < 1.29 is 9.53 Å². The van der Waals surface area contributed by atoms with Crippen molar-refractivity contribution in [3.8, 4) is 0 Å². The molecule has 0 radical (unpaired) electrons. The summed E-state index contributed by atoms with van der Waals surface area (Å²) in [5.74, 6) is 0.564. The van der Waals surface area contributed by atoms with Gasteiger partial charge in [-0.15, -0.1) is 11.8 Å². The van der Waals surface area contributed by atoms with Crippen molar-refractivity contribution in [1.82, 2.24) is 4.98 Å². The van der Waals surface area contributed by atoms with Gasteiger partial charge in [-0.2, -0.15) is 0 Å². The molecule has 0 bridgehead atoms. The number of hydrogen-bond donors (Lipinski definition) is 0. The number of aromatic nitrogens is 1. The first kappa shape index (κ1) is 12.6. The molecule has 0 aliphatic carbocycles. The number of carbonyl (C=O) groups excluding carboxylic acids is 1. The van der Waals surface area contributed by atoms with Gasteiger partial charge in [-0.25, -0.2) is 4.79 Å². The fourth-order valence-electron chi connectivity index (χ4n) is 1.46. The summed E-state index contributed by atoms with van der Waals surface area (Å²) in [6, 6.07) is 11.4. The molecule has 18 heavy (non-hydrogen) atoms. The zero-order valence-electron chi connectivity index (χ0n) is 10.00. The topological polar surface area (TPSA) is 39.2 Å². The number of benzene rings is 1. The molecule has 0 unspecified atom stereocenters. The first-order chi connectivity index (χ1) is 8.79. The van der Waals surface area contributed by atoms with Gasteiger partial charge in [0.15, 0.2) is 0 Å². The highest BCUT2D eigenvalue weighted by atomic mass is 32.2. The molecule has 2 rings (SSSR count). The third kappa shape index (κ3) is 3.34. The number of rotatable bonds is 4. The average Bonchev–Trinajstić information content (AvgIpc) is 2.46. The predicted octanol–water partition coefficient (Wildman–Crippen LogP) is 3.16. The third-order valence-corrected chi connectivity index (χ3v) is 3.51. The van der Waals surface area contributed by atoms with E-state index in [1.807, 2.05) is 24.3 Å². The van der Waals surface area contributed by atoms with Crippen LogP contribution in [0.1, 0.15) is 15.9 Å². The fourth-order valence-corrected chi connectivity index (χ4v) is 2.30. The van der Waals surface area contributed by atoms with Gasteiger partial charge in [0.05, 0.1) is 12.7 Å². The van der Waals surface area contributed by atoms with Gasteiger partial charge in [0, 0.05) is 23.0 Å². The number of nitrogens with zero attached hydrogens (tertiary/aromatic N) is 1. The molecule has 0 atom stereocenters. The van der Waals surface area contributed by atoms with Crippen molar-refractivity contribution in [2.24, 2.45) is 0 Å². The standard InChI is InChI=1S/C14H13NO2S/c1-17-14(16)12-4-2-11(3-5-12)10-18-13-6-8-15-9-7-13/h2-9H,10H2,1H3. The molecule has 0 N–H and O–H groups in total. The Balaban J connectivity index is 1.97. The number of hydrogen-bond acceptors (Lipinski definition) is 4. The molecule has 0 aliphatic rings. The molecule has 1 aromatic carbocycles. The highest BCUT2D eigenvalue weighted by Gasteiger charge is 2.04. The van der Waals surface area contributed by atoms with Crippen LogP contribution in [-0.2, 0) is 10.5 Å². The number of esters is 1. The molecule has 1 aromatic heterocycles. The second kappa shape index (κ2) is 6.21. The van der Waals surface area contributed by atoms with E-state index >= 15 is 0 Å². The van der Waals surface area contributed by atoms with Crippen molar-refractivity contribution >= 4 is 17.7 Å². The first-order valence-electron chi connectivity index (χ1n) is 5.49. The van der Waals surface area contributed by atoms with Crippen LogP contribution in [0.4, 0.5) is 0 Å². The van der Waals surface area contributed by atoms with E-state index in [1.54, 1.807) is 36.3 Å². The maximum Gasteiger partial charge on any atom is 0.337 e. The first-order valence-corrected chi connectivity index (χ1v) is 6.48. The van der Waals surface area contributed by atoms with Gasteiger partial charge < -0.3 is 4.74 Å². The molecular weight excluding hydrogens is 246 g/mol. The maximum absolute atomic E-state index is 11.3. The zero-order valence-corrected chi connectivity index (χ0v) is 10.8. The Hall–Kier alpha value is -1.81. The predicted molar refractivity (Wildman–Crippen MR) is 71.6 cm³/mol. The minimum Gasteiger partial charge on any atom is -0.465 e. The van der Waals surface area contributed by atoms with Gasteiger partial charge in [0.2, 0.25) is 0 Å². The molecule has 0 saturated heterocycles. The average molecular weight is 259 g/mol. The highest BCUT2D eigenvalue weighted by molar-refractivity contribution is 7.98. The van der Waals surface area contributed by atoms with Crippen LogP contribution in [0.3, 0.4) is 0 Å². The van der Waals surface area contributed by atoms with Crippen molar-refractivity contribution in [3.63, 3.8) is 0 Å². The fraction of sp³-hybridized carbons (Fsp3) is 0.143. The van der Waals surface area contributed by atoms with Crippen LogP contribution >= 0.6 is 11.8 Å². The van der Waals surface area contributed by atoms with Gasteiger partial charge >= 0.3 is 5.97 Å². The third-order valence-electron chi connectivity index (χ3n) is 2.43. The van der Waals surface area contributed by atoms with E-state index in [0.29, 0.717) is 5.56 Å².